The molecule has 0 aromatic heterocycles. The van der Waals surface area contributed by atoms with Gasteiger partial charge in [0.1, 0.15) is 12.4 Å². The van der Waals surface area contributed by atoms with Gasteiger partial charge < -0.3 is 14.4 Å². The quantitative estimate of drug-likeness (QED) is 0.534. The maximum atomic E-state index is 12.1. The molecule has 1 rings (SSSR count). The number of benzene rings is 1. The molecule has 0 N–H and O–H groups in total. The van der Waals surface area contributed by atoms with Crippen molar-refractivity contribution in [1.82, 2.24) is 4.90 Å². The van der Waals surface area contributed by atoms with Gasteiger partial charge in [-0.15, -0.1) is 0 Å². The van der Waals surface area contributed by atoms with Crippen molar-refractivity contribution in [1.29, 1.82) is 0 Å². The van der Waals surface area contributed by atoms with Crippen LogP contribution in [0.3, 0.4) is 0 Å². The molecule has 19 heavy (non-hydrogen) atoms. The highest BCUT2D eigenvalue weighted by Crippen LogP contribution is 2.13. The molecule has 4 nitrogen and oxygen atoms in total. The predicted octanol–water partition coefficient (Wildman–Crippen LogP) is 2.36. The van der Waals surface area contributed by atoms with E-state index in [0.29, 0.717) is 25.3 Å². The van der Waals surface area contributed by atoms with Gasteiger partial charge in [0.25, 0.3) is 5.91 Å². The van der Waals surface area contributed by atoms with Crippen molar-refractivity contribution >= 4 is 5.91 Å². The molecule has 0 heterocycles. The van der Waals surface area contributed by atoms with Crippen molar-refractivity contribution in [2.75, 3.05) is 33.9 Å². The van der Waals surface area contributed by atoms with Crippen LogP contribution in [0.5, 0.6) is 5.75 Å². The fraction of sp³-hybridized carbons (Fsp3) is 0.400. The largest absolute Gasteiger partial charge is 0.490 e. The number of methoxy groups -OCH3 is 1. The van der Waals surface area contributed by atoms with Crippen LogP contribution in [-0.4, -0.2) is 44.7 Å². The van der Waals surface area contributed by atoms with Crippen molar-refractivity contribution in [3.63, 3.8) is 0 Å². The van der Waals surface area contributed by atoms with E-state index in [1.165, 1.54) is 0 Å². The van der Waals surface area contributed by atoms with Crippen LogP contribution in [0.1, 0.15) is 16.8 Å². The number of hydrogen-bond acceptors (Lipinski definition) is 3. The molecule has 104 valence electrons. The van der Waals surface area contributed by atoms with Crippen molar-refractivity contribution in [3.05, 3.63) is 42.5 Å². The summed E-state index contributed by atoms with van der Waals surface area (Å²) in [7, 11) is 3.45. The van der Waals surface area contributed by atoms with Gasteiger partial charge in [0.15, 0.2) is 0 Å². The number of rotatable bonds is 8. The van der Waals surface area contributed by atoms with Crippen LogP contribution in [0.4, 0.5) is 0 Å². The zero-order valence-corrected chi connectivity index (χ0v) is 11.6. The predicted molar refractivity (Wildman–Crippen MR) is 75.6 cm³/mol. The highest BCUT2D eigenvalue weighted by molar-refractivity contribution is 5.94. The zero-order valence-electron chi connectivity index (χ0n) is 11.6. The van der Waals surface area contributed by atoms with Gasteiger partial charge >= 0.3 is 0 Å². The minimum absolute atomic E-state index is 0.00590. The molecule has 0 spiro atoms. The molecule has 0 bridgehead atoms. The molecular weight excluding hydrogens is 242 g/mol. The van der Waals surface area contributed by atoms with Crippen molar-refractivity contribution < 1.29 is 14.3 Å². The summed E-state index contributed by atoms with van der Waals surface area (Å²) >= 11 is 0. The number of nitrogens with zero attached hydrogens (tertiary/aromatic N) is 1. The average molecular weight is 263 g/mol. The van der Waals surface area contributed by atoms with Crippen LogP contribution in [-0.2, 0) is 4.74 Å². The number of hydrogen-bond donors (Lipinski definition) is 0. The lowest BCUT2D eigenvalue weighted by molar-refractivity contribution is 0.0779. The van der Waals surface area contributed by atoms with Crippen molar-refractivity contribution in [2.45, 2.75) is 6.42 Å². The topological polar surface area (TPSA) is 38.8 Å². The molecule has 0 aliphatic carbocycles. The first-order valence-electron chi connectivity index (χ1n) is 6.27. The standard InChI is InChI=1S/C15H21NO3/c1-4-11-19-14-8-6-13(7-9-14)15(17)16(2)10-5-12-18-3/h4,6-9H,1,5,10-12H2,2-3H3. The van der Waals surface area contributed by atoms with Crippen LogP contribution < -0.4 is 4.74 Å². The van der Waals surface area contributed by atoms with Gasteiger partial charge in [-0.25, -0.2) is 0 Å². The molecule has 1 aromatic carbocycles. The molecule has 4 heteroatoms. The fourth-order valence-corrected chi connectivity index (χ4v) is 1.62. The van der Waals surface area contributed by atoms with E-state index >= 15 is 0 Å². The van der Waals surface area contributed by atoms with Gasteiger partial charge in [-0.3, -0.25) is 4.79 Å². The van der Waals surface area contributed by atoms with Crippen LogP contribution >= 0.6 is 0 Å². The molecule has 0 unspecified atom stereocenters. The van der Waals surface area contributed by atoms with E-state index in [-0.39, 0.29) is 5.91 Å². The third-order valence-electron chi connectivity index (χ3n) is 2.66. The van der Waals surface area contributed by atoms with Gasteiger partial charge in [-0.05, 0) is 30.7 Å². The third kappa shape index (κ3) is 5.14. The van der Waals surface area contributed by atoms with E-state index in [2.05, 4.69) is 6.58 Å². The van der Waals surface area contributed by atoms with E-state index in [9.17, 15) is 4.79 Å². The second kappa shape index (κ2) is 8.32. The summed E-state index contributed by atoms with van der Waals surface area (Å²) in [5.41, 5.74) is 0.658. The summed E-state index contributed by atoms with van der Waals surface area (Å²) in [5, 5.41) is 0. The van der Waals surface area contributed by atoms with Gasteiger partial charge in [-0.2, -0.15) is 0 Å². The first-order chi connectivity index (χ1) is 9.19. The molecule has 0 aliphatic heterocycles. The molecule has 0 aliphatic rings. The third-order valence-corrected chi connectivity index (χ3v) is 2.66. The SMILES string of the molecule is C=CCOc1ccc(C(=O)N(C)CCCOC)cc1. The molecule has 1 aromatic rings. The van der Waals surface area contributed by atoms with Crippen molar-refractivity contribution in [3.8, 4) is 5.75 Å². The number of carbonyl (C=O) groups excluding carboxylic acids is 1. The highest BCUT2D eigenvalue weighted by Gasteiger charge is 2.10. The van der Waals surface area contributed by atoms with Crippen LogP contribution in [0.15, 0.2) is 36.9 Å². The molecule has 0 saturated carbocycles. The molecule has 0 radical (unpaired) electrons. The number of amides is 1. The summed E-state index contributed by atoms with van der Waals surface area (Å²) in [4.78, 5) is 13.8. The van der Waals surface area contributed by atoms with Crippen molar-refractivity contribution in [2.24, 2.45) is 0 Å². The van der Waals surface area contributed by atoms with E-state index in [0.717, 1.165) is 12.2 Å². The number of carbonyl (C=O) groups is 1. The van der Waals surface area contributed by atoms with Gasteiger partial charge in [0.05, 0.1) is 0 Å². The Morgan fingerprint density at radius 3 is 2.63 bits per heavy atom. The molecule has 0 atom stereocenters. The Kier molecular flexibility index (Phi) is 6.68. The van der Waals surface area contributed by atoms with Gasteiger partial charge in [0.2, 0.25) is 0 Å². The van der Waals surface area contributed by atoms with Gasteiger partial charge in [0, 0.05) is 32.9 Å². The Balaban J connectivity index is 2.54. The maximum absolute atomic E-state index is 12.1. The smallest absolute Gasteiger partial charge is 0.253 e. The minimum Gasteiger partial charge on any atom is -0.490 e. The monoisotopic (exact) mass is 263 g/mol. The zero-order chi connectivity index (χ0) is 14.1. The lowest BCUT2D eigenvalue weighted by Gasteiger charge is -2.17. The summed E-state index contributed by atoms with van der Waals surface area (Å²) in [6.45, 7) is 5.39. The van der Waals surface area contributed by atoms with E-state index in [1.54, 1.807) is 49.4 Å². The molecule has 1 amide bonds. The first-order valence-corrected chi connectivity index (χ1v) is 6.27. The summed E-state index contributed by atoms with van der Waals surface area (Å²) in [6, 6.07) is 7.13. The van der Waals surface area contributed by atoms with Crippen LogP contribution in [0.25, 0.3) is 0 Å². The first kappa shape index (κ1) is 15.2. The maximum Gasteiger partial charge on any atom is 0.253 e. The highest BCUT2D eigenvalue weighted by atomic mass is 16.5. The van der Waals surface area contributed by atoms with Gasteiger partial charge in [-0.1, -0.05) is 12.7 Å². The van der Waals surface area contributed by atoms with E-state index < -0.39 is 0 Å². The molecular formula is C15H21NO3. The molecule has 0 saturated heterocycles. The Morgan fingerprint density at radius 1 is 1.37 bits per heavy atom. The Morgan fingerprint density at radius 2 is 2.05 bits per heavy atom. The second-order valence-electron chi connectivity index (χ2n) is 4.20. The van der Waals surface area contributed by atoms with Crippen LogP contribution in [0, 0.1) is 0 Å². The average Bonchev–Trinajstić information content (AvgIpc) is 2.45. The second-order valence-corrected chi connectivity index (χ2v) is 4.20. The minimum atomic E-state index is 0.00590. The van der Waals surface area contributed by atoms with E-state index in [4.69, 9.17) is 9.47 Å². The Labute approximate surface area is 114 Å². The fourth-order valence-electron chi connectivity index (χ4n) is 1.62. The van der Waals surface area contributed by atoms with E-state index in [1.807, 2.05) is 0 Å². The molecule has 0 fully saturated rings. The Hall–Kier alpha value is -1.81. The number of ether oxygens (including phenoxy) is 2. The lowest BCUT2D eigenvalue weighted by atomic mass is 10.2. The summed E-state index contributed by atoms with van der Waals surface area (Å²) in [6.07, 6.45) is 2.52. The summed E-state index contributed by atoms with van der Waals surface area (Å²) < 4.78 is 10.3. The summed E-state index contributed by atoms with van der Waals surface area (Å²) in [5.74, 6) is 0.741. The van der Waals surface area contributed by atoms with Crippen LogP contribution in [0.2, 0.25) is 0 Å². The lowest BCUT2D eigenvalue weighted by Crippen LogP contribution is -2.28. The Bertz CT molecular complexity index is 400. The normalized spacial score (nSPS) is 10.0.